The zero-order chi connectivity index (χ0) is 14.2. The minimum atomic E-state index is -3.64. The first kappa shape index (κ1) is 14.4. The first-order valence-corrected chi connectivity index (χ1v) is 7.67. The molecule has 8 heteroatoms. The number of nitrogens with zero attached hydrogens (tertiary/aromatic N) is 3. The van der Waals surface area contributed by atoms with Gasteiger partial charge in [-0.15, -0.1) is 0 Å². The fraction of sp³-hybridized carbons (Fsp3) is 0.727. The van der Waals surface area contributed by atoms with E-state index in [1.165, 1.54) is 4.31 Å². The molecule has 0 radical (unpaired) electrons. The fourth-order valence-corrected chi connectivity index (χ4v) is 3.85. The van der Waals surface area contributed by atoms with Gasteiger partial charge in [0.1, 0.15) is 0 Å². The van der Waals surface area contributed by atoms with E-state index in [9.17, 15) is 13.5 Å². The van der Waals surface area contributed by atoms with E-state index < -0.39 is 10.0 Å². The van der Waals surface area contributed by atoms with Crippen LogP contribution in [0.3, 0.4) is 0 Å². The Bertz CT molecular complexity index is 554. The summed E-state index contributed by atoms with van der Waals surface area (Å²) in [5.41, 5.74) is 0.940. The van der Waals surface area contributed by atoms with Crippen molar-refractivity contribution < 1.29 is 13.5 Å². The minimum Gasteiger partial charge on any atom is -0.392 e. The second-order valence-electron chi connectivity index (χ2n) is 4.98. The molecule has 0 aliphatic carbocycles. The summed E-state index contributed by atoms with van der Waals surface area (Å²) in [4.78, 5) is 2.12. The molecule has 1 unspecified atom stereocenters. The average molecular weight is 288 g/mol. The Labute approximate surface area is 113 Å². The molecule has 1 aliphatic heterocycles. The Kier molecular flexibility index (Phi) is 3.95. The van der Waals surface area contributed by atoms with E-state index in [1.54, 1.807) is 6.92 Å². The van der Waals surface area contributed by atoms with Crippen LogP contribution in [-0.4, -0.2) is 65.7 Å². The van der Waals surface area contributed by atoms with Gasteiger partial charge in [-0.1, -0.05) is 0 Å². The molecule has 1 fully saturated rings. The Morgan fingerprint density at radius 1 is 1.47 bits per heavy atom. The molecular formula is C11H20N4O3S. The van der Waals surface area contributed by atoms with Crippen LogP contribution in [0.1, 0.15) is 18.2 Å². The van der Waals surface area contributed by atoms with Crippen molar-refractivity contribution in [3.05, 3.63) is 11.3 Å². The van der Waals surface area contributed by atoms with Crippen molar-refractivity contribution in [2.24, 2.45) is 0 Å². The standard InChI is InChI=1S/C11H20N4O3S/c1-8-6-15(5-4-14(8)3)19(17,18)11-10(7-16)9(2)12-13-11/h8,16H,4-7H2,1-3H3,(H,12,13). The van der Waals surface area contributed by atoms with E-state index in [4.69, 9.17) is 0 Å². The predicted octanol–water partition coefficient (Wildman–Crippen LogP) is -0.465. The molecule has 108 valence electrons. The highest BCUT2D eigenvalue weighted by Crippen LogP contribution is 2.22. The third-order valence-electron chi connectivity index (χ3n) is 3.70. The maximum atomic E-state index is 12.5. The summed E-state index contributed by atoms with van der Waals surface area (Å²) in [7, 11) is -1.66. The highest BCUT2D eigenvalue weighted by Gasteiger charge is 2.34. The number of aromatic nitrogens is 2. The molecule has 2 rings (SSSR count). The molecule has 1 aromatic heterocycles. The number of hydrogen-bond acceptors (Lipinski definition) is 5. The summed E-state index contributed by atoms with van der Waals surface area (Å²) in [6, 6.07) is 0.168. The van der Waals surface area contributed by atoms with Crippen LogP contribution >= 0.6 is 0 Å². The summed E-state index contributed by atoms with van der Waals surface area (Å²) in [6.07, 6.45) is 0. The number of hydrogen-bond donors (Lipinski definition) is 2. The lowest BCUT2D eigenvalue weighted by Gasteiger charge is -2.36. The number of aryl methyl sites for hydroxylation is 1. The van der Waals surface area contributed by atoms with Gasteiger partial charge in [0.05, 0.1) is 6.61 Å². The summed E-state index contributed by atoms with van der Waals surface area (Å²) in [5.74, 6) is 0. The van der Waals surface area contributed by atoms with Gasteiger partial charge in [-0.25, -0.2) is 8.42 Å². The van der Waals surface area contributed by atoms with Gasteiger partial charge < -0.3 is 10.0 Å². The largest absolute Gasteiger partial charge is 0.392 e. The van der Waals surface area contributed by atoms with Gasteiger partial charge >= 0.3 is 0 Å². The lowest BCUT2D eigenvalue weighted by atomic mass is 10.2. The molecular weight excluding hydrogens is 268 g/mol. The van der Waals surface area contributed by atoms with E-state index in [-0.39, 0.29) is 17.7 Å². The summed E-state index contributed by atoms with van der Waals surface area (Å²) in [6.45, 7) is 4.93. The number of likely N-dealkylation sites (N-methyl/N-ethyl adjacent to an activating group) is 1. The summed E-state index contributed by atoms with van der Waals surface area (Å²) < 4.78 is 26.5. The molecule has 19 heavy (non-hydrogen) atoms. The van der Waals surface area contributed by atoms with Gasteiger partial charge in [0, 0.05) is 36.9 Å². The van der Waals surface area contributed by atoms with Gasteiger partial charge in [0.2, 0.25) is 0 Å². The van der Waals surface area contributed by atoms with Crippen LogP contribution < -0.4 is 0 Å². The van der Waals surface area contributed by atoms with Crippen molar-refractivity contribution in [3.8, 4) is 0 Å². The van der Waals surface area contributed by atoms with Crippen molar-refractivity contribution in [2.45, 2.75) is 31.5 Å². The third kappa shape index (κ3) is 2.53. The lowest BCUT2D eigenvalue weighted by molar-refractivity contribution is 0.159. The molecule has 7 nitrogen and oxygen atoms in total. The second-order valence-corrected chi connectivity index (χ2v) is 6.84. The molecule has 1 saturated heterocycles. The van der Waals surface area contributed by atoms with E-state index in [0.29, 0.717) is 30.9 Å². The van der Waals surface area contributed by atoms with Crippen LogP contribution in [-0.2, 0) is 16.6 Å². The van der Waals surface area contributed by atoms with Crippen molar-refractivity contribution >= 4 is 10.0 Å². The van der Waals surface area contributed by atoms with Crippen LogP contribution in [0.25, 0.3) is 0 Å². The Morgan fingerprint density at radius 3 is 2.74 bits per heavy atom. The predicted molar refractivity (Wildman–Crippen MR) is 70.1 cm³/mol. The monoisotopic (exact) mass is 288 g/mol. The van der Waals surface area contributed by atoms with E-state index in [0.717, 1.165) is 0 Å². The summed E-state index contributed by atoms with van der Waals surface area (Å²) in [5, 5.41) is 15.7. The third-order valence-corrected chi connectivity index (χ3v) is 5.54. The molecule has 0 bridgehead atoms. The maximum Gasteiger partial charge on any atom is 0.262 e. The maximum absolute atomic E-state index is 12.5. The van der Waals surface area contributed by atoms with Crippen LogP contribution in [0, 0.1) is 6.92 Å². The first-order valence-electron chi connectivity index (χ1n) is 6.23. The van der Waals surface area contributed by atoms with E-state index in [2.05, 4.69) is 15.1 Å². The van der Waals surface area contributed by atoms with Crippen molar-refractivity contribution in [3.63, 3.8) is 0 Å². The minimum absolute atomic E-state index is 0.0516. The number of sulfonamides is 1. The number of aliphatic hydroxyl groups excluding tert-OH is 1. The average Bonchev–Trinajstić information content (AvgIpc) is 2.74. The molecule has 0 saturated carbocycles. The lowest BCUT2D eigenvalue weighted by Crippen LogP contribution is -2.52. The molecule has 1 atom stereocenters. The molecule has 0 spiro atoms. The van der Waals surface area contributed by atoms with Gasteiger partial charge in [-0.05, 0) is 20.9 Å². The normalized spacial score (nSPS) is 22.8. The zero-order valence-corrected chi connectivity index (χ0v) is 12.2. The molecule has 1 aromatic rings. The topological polar surface area (TPSA) is 89.5 Å². The van der Waals surface area contributed by atoms with E-state index in [1.807, 2.05) is 14.0 Å². The first-order chi connectivity index (χ1) is 8.87. The fourth-order valence-electron chi connectivity index (χ4n) is 2.19. The van der Waals surface area contributed by atoms with Crippen LogP contribution in [0.2, 0.25) is 0 Å². The van der Waals surface area contributed by atoms with E-state index >= 15 is 0 Å². The molecule has 2 heterocycles. The van der Waals surface area contributed by atoms with Crippen LogP contribution in [0.4, 0.5) is 0 Å². The van der Waals surface area contributed by atoms with Gasteiger partial charge in [-0.3, -0.25) is 5.10 Å². The number of H-pyrrole nitrogens is 1. The Balaban J connectivity index is 2.32. The van der Waals surface area contributed by atoms with Crippen LogP contribution in [0.5, 0.6) is 0 Å². The number of aliphatic hydroxyl groups is 1. The number of aromatic amines is 1. The quantitative estimate of drug-likeness (QED) is 0.785. The summed E-state index contributed by atoms with van der Waals surface area (Å²) >= 11 is 0. The van der Waals surface area contributed by atoms with Gasteiger partial charge in [0.25, 0.3) is 10.0 Å². The highest BCUT2D eigenvalue weighted by molar-refractivity contribution is 7.89. The van der Waals surface area contributed by atoms with Crippen molar-refractivity contribution in [1.82, 2.24) is 19.4 Å². The molecule has 0 amide bonds. The molecule has 1 aliphatic rings. The number of rotatable bonds is 3. The van der Waals surface area contributed by atoms with Gasteiger partial charge in [-0.2, -0.15) is 9.40 Å². The SMILES string of the molecule is Cc1[nH]nc(S(=O)(=O)N2CCN(C)C(C)C2)c1CO. The zero-order valence-electron chi connectivity index (χ0n) is 11.4. The van der Waals surface area contributed by atoms with Gasteiger partial charge in [0.15, 0.2) is 5.03 Å². The van der Waals surface area contributed by atoms with Crippen molar-refractivity contribution in [1.29, 1.82) is 0 Å². The molecule has 2 N–H and O–H groups in total. The number of piperazine rings is 1. The van der Waals surface area contributed by atoms with Crippen LogP contribution in [0.15, 0.2) is 5.03 Å². The number of nitrogens with one attached hydrogen (secondary N) is 1. The Morgan fingerprint density at radius 2 is 2.16 bits per heavy atom. The second kappa shape index (κ2) is 5.20. The van der Waals surface area contributed by atoms with Crippen molar-refractivity contribution in [2.75, 3.05) is 26.7 Å². The molecule has 0 aromatic carbocycles. The Hall–Kier alpha value is -0.960. The highest BCUT2D eigenvalue weighted by atomic mass is 32.2. The smallest absolute Gasteiger partial charge is 0.262 e.